The Morgan fingerprint density at radius 3 is 0.521 bits per heavy atom. The van der Waals surface area contributed by atoms with E-state index in [2.05, 4.69) is 184 Å². The lowest BCUT2D eigenvalue weighted by Gasteiger charge is -1.92. The van der Waals surface area contributed by atoms with E-state index in [-0.39, 0.29) is 7.43 Å². The molecule has 0 spiro atoms. The van der Waals surface area contributed by atoms with Gasteiger partial charge in [-0.05, 0) is 24.6 Å². The smallest absolute Gasteiger partial charge is 0.0184 e. The third-order valence-electron chi connectivity index (χ3n) is 3.54. The Morgan fingerprint density at radius 1 is 0.271 bits per heavy atom. The summed E-state index contributed by atoms with van der Waals surface area (Å²) in [6.45, 7) is 37.9. The van der Waals surface area contributed by atoms with Gasteiger partial charge >= 0.3 is 0 Å². The van der Waals surface area contributed by atoms with Crippen LogP contribution in [0.3, 0.4) is 0 Å². The number of hydrogen-bond donors (Lipinski definition) is 0. The van der Waals surface area contributed by atoms with Crippen LogP contribution >= 0.6 is 0 Å². The molecule has 0 saturated carbocycles. The normalized spacial score (nSPS) is 7.38. The van der Waals surface area contributed by atoms with E-state index in [4.69, 9.17) is 0 Å². The van der Waals surface area contributed by atoms with Crippen molar-refractivity contribution in [3.8, 4) is 0 Å². The molecule has 0 aromatic heterocycles. The molecule has 0 heterocycles. The van der Waals surface area contributed by atoms with E-state index in [9.17, 15) is 0 Å². The van der Waals surface area contributed by atoms with Gasteiger partial charge < -0.3 is 0 Å². The molecule has 4 aromatic carbocycles. The molecule has 0 aliphatic rings. The Hall–Kier alpha value is -2.86. The van der Waals surface area contributed by atoms with Crippen molar-refractivity contribution in [1.82, 2.24) is 0 Å². The Kier molecular flexibility index (Phi) is 93.6. The Bertz CT molecular complexity index is 790. The van der Waals surface area contributed by atoms with Crippen LogP contribution in [-0.4, -0.2) is 0 Å². The van der Waals surface area contributed by atoms with Crippen molar-refractivity contribution in [3.63, 3.8) is 0 Å². The minimum absolute atomic E-state index is 0. The second kappa shape index (κ2) is 70.5. The average molecular weight is 667 g/mol. The molecule has 0 aliphatic carbocycles. The van der Waals surface area contributed by atoms with Gasteiger partial charge in [0.2, 0.25) is 0 Å². The van der Waals surface area contributed by atoms with E-state index >= 15 is 0 Å². The predicted molar refractivity (Wildman–Crippen MR) is 236 cm³/mol. The fraction of sp³-hybridized carbons (Fsp3) is 0.542. The van der Waals surface area contributed by atoms with Crippen molar-refractivity contribution >= 4 is 10.8 Å². The first-order valence-corrected chi connectivity index (χ1v) is 19.1. The van der Waals surface area contributed by atoms with Crippen LogP contribution in [0.15, 0.2) is 109 Å². The first-order valence-electron chi connectivity index (χ1n) is 19.1. The van der Waals surface area contributed by atoms with E-state index < -0.39 is 0 Å². The first-order chi connectivity index (χ1) is 22.7. The summed E-state index contributed by atoms with van der Waals surface area (Å²) in [5.74, 6) is 0. The molecule has 0 heteroatoms. The van der Waals surface area contributed by atoms with Crippen LogP contribution in [0.5, 0.6) is 0 Å². The van der Waals surface area contributed by atoms with Crippen LogP contribution in [-0.2, 0) is 0 Å². The van der Waals surface area contributed by atoms with Crippen LogP contribution in [0.25, 0.3) is 10.8 Å². The molecule has 0 radical (unpaired) electrons. The first kappa shape index (κ1) is 63.8. The second-order valence-corrected chi connectivity index (χ2v) is 10.6. The molecule has 0 atom stereocenters. The van der Waals surface area contributed by atoms with Crippen LogP contribution in [0, 0.1) is 13.8 Å². The standard InChI is InChI=1S/C10H8.C8H10.C6H6.7C3H8.C2H6.CH4/c1-2-6-10-8-4-3-7-9(10)5-1;1-7-3-5-8(2)6-4-7;1-2-4-6-5-3-1;7*1-3-2;1-2;/h1-8H;3-6H,1-2H3;1-6H;7*3H2,1-2H3;1-2H3;1H4. The quantitative estimate of drug-likeness (QED) is 0.175. The molecule has 0 unspecified atom stereocenters. The zero-order chi connectivity index (χ0) is 38.0. The Balaban J connectivity index is -0.0000000643. The summed E-state index contributed by atoms with van der Waals surface area (Å²) in [6.07, 6.45) is 8.75. The molecule has 0 bridgehead atoms. The second-order valence-electron chi connectivity index (χ2n) is 10.6. The van der Waals surface area contributed by atoms with Gasteiger partial charge in [0.25, 0.3) is 0 Å². The number of aryl methyl sites for hydroxylation is 2. The van der Waals surface area contributed by atoms with Crippen LogP contribution in [0.1, 0.15) is 174 Å². The van der Waals surface area contributed by atoms with E-state index in [1.165, 1.54) is 66.8 Å². The lowest BCUT2D eigenvalue weighted by molar-refractivity contribution is 1.09. The van der Waals surface area contributed by atoms with Gasteiger partial charge in [-0.25, -0.2) is 0 Å². The molecule has 0 fully saturated rings. The van der Waals surface area contributed by atoms with E-state index in [0.717, 1.165) is 0 Å². The number of fused-ring (bicyclic) bond motifs is 1. The maximum Gasteiger partial charge on any atom is -0.0184 e. The minimum Gasteiger partial charge on any atom is -0.0776 e. The lowest BCUT2D eigenvalue weighted by atomic mass is 10.1. The third-order valence-corrected chi connectivity index (χ3v) is 3.54. The molecular weight excluding hydrogens is 577 g/mol. The highest BCUT2D eigenvalue weighted by Gasteiger charge is 1.85. The molecule has 0 aliphatic heterocycles. The summed E-state index contributed by atoms with van der Waals surface area (Å²) in [6, 6.07) is 37.2. The van der Waals surface area contributed by atoms with Crippen molar-refractivity contribution in [3.05, 3.63) is 120 Å². The summed E-state index contributed by atoms with van der Waals surface area (Å²) < 4.78 is 0. The van der Waals surface area contributed by atoms with E-state index in [1.807, 2.05) is 50.2 Å². The zero-order valence-corrected chi connectivity index (χ0v) is 35.3. The molecule has 0 amide bonds. The summed E-state index contributed by atoms with van der Waals surface area (Å²) >= 11 is 0. The zero-order valence-electron chi connectivity index (χ0n) is 35.3. The van der Waals surface area contributed by atoms with E-state index in [0.29, 0.717) is 0 Å². The summed E-state index contributed by atoms with van der Waals surface area (Å²) in [4.78, 5) is 0. The summed E-state index contributed by atoms with van der Waals surface area (Å²) in [7, 11) is 0. The van der Waals surface area contributed by atoms with Crippen molar-refractivity contribution in [1.29, 1.82) is 0 Å². The number of rotatable bonds is 0. The fourth-order valence-corrected chi connectivity index (χ4v) is 2.15. The highest BCUT2D eigenvalue weighted by molar-refractivity contribution is 5.82. The van der Waals surface area contributed by atoms with Crippen molar-refractivity contribution in [2.45, 2.75) is 177 Å². The van der Waals surface area contributed by atoms with Crippen LogP contribution in [0.2, 0.25) is 0 Å². The third kappa shape index (κ3) is 79.0. The van der Waals surface area contributed by atoms with Crippen molar-refractivity contribution in [2.24, 2.45) is 0 Å². The molecule has 4 aromatic rings. The van der Waals surface area contributed by atoms with Gasteiger partial charge in [0, 0.05) is 0 Å². The number of benzene rings is 4. The van der Waals surface area contributed by atoms with Crippen molar-refractivity contribution < 1.29 is 0 Å². The molecular formula is C48H90. The van der Waals surface area contributed by atoms with Crippen LogP contribution in [0.4, 0.5) is 0 Å². The molecule has 0 saturated heterocycles. The molecule has 48 heavy (non-hydrogen) atoms. The maximum atomic E-state index is 2.12. The maximum absolute atomic E-state index is 2.12. The highest BCUT2D eigenvalue weighted by Crippen LogP contribution is 2.11. The molecule has 4 rings (SSSR count). The fourth-order valence-electron chi connectivity index (χ4n) is 2.15. The minimum atomic E-state index is 0. The topological polar surface area (TPSA) is 0 Å². The van der Waals surface area contributed by atoms with Gasteiger partial charge in [0.1, 0.15) is 0 Å². The van der Waals surface area contributed by atoms with Gasteiger partial charge in [-0.1, -0.05) is 283 Å². The summed E-state index contributed by atoms with van der Waals surface area (Å²) in [5, 5.41) is 2.62. The Labute approximate surface area is 307 Å². The van der Waals surface area contributed by atoms with Gasteiger partial charge in [-0.15, -0.1) is 0 Å². The predicted octanol–water partition coefficient (Wildman–Crippen LogP) is 18.4. The number of hydrogen-bond acceptors (Lipinski definition) is 0. The SMILES string of the molecule is C.CC.CCC.CCC.CCC.CCC.CCC.CCC.CCC.Cc1ccc(C)cc1.c1ccc2ccccc2c1.c1ccccc1. The molecule has 282 valence electrons. The highest BCUT2D eigenvalue weighted by atomic mass is 13.9. The molecule has 0 N–H and O–H groups in total. The Morgan fingerprint density at radius 2 is 0.396 bits per heavy atom. The summed E-state index contributed by atoms with van der Waals surface area (Å²) in [5.41, 5.74) is 2.66. The van der Waals surface area contributed by atoms with Crippen molar-refractivity contribution in [2.75, 3.05) is 0 Å². The van der Waals surface area contributed by atoms with E-state index in [1.54, 1.807) is 0 Å². The largest absolute Gasteiger partial charge is 0.0776 e. The molecule has 0 nitrogen and oxygen atoms in total. The van der Waals surface area contributed by atoms with Gasteiger partial charge in [-0.2, -0.15) is 0 Å². The lowest BCUT2D eigenvalue weighted by Crippen LogP contribution is -1.70. The van der Waals surface area contributed by atoms with Gasteiger partial charge in [0.05, 0.1) is 0 Å². The van der Waals surface area contributed by atoms with Gasteiger partial charge in [0.15, 0.2) is 0 Å². The van der Waals surface area contributed by atoms with Crippen LogP contribution < -0.4 is 0 Å². The monoisotopic (exact) mass is 667 g/mol. The average Bonchev–Trinajstić information content (AvgIpc) is 3.08. The van der Waals surface area contributed by atoms with Gasteiger partial charge in [-0.3, -0.25) is 0 Å².